The molecule has 18 heavy (non-hydrogen) atoms. The Labute approximate surface area is 118 Å². The third kappa shape index (κ3) is 2.29. The summed E-state index contributed by atoms with van der Waals surface area (Å²) >= 11 is 3.52. The van der Waals surface area contributed by atoms with E-state index < -0.39 is 0 Å². The Morgan fingerprint density at radius 2 is 1.78 bits per heavy atom. The number of hydrogen-bond donors (Lipinski definition) is 0. The molecule has 1 aromatic rings. The van der Waals surface area contributed by atoms with E-state index in [0.717, 1.165) is 16.0 Å². The summed E-state index contributed by atoms with van der Waals surface area (Å²) in [7, 11) is 0. The third-order valence-electron chi connectivity index (χ3n) is 4.82. The van der Waals surface area contributed by atoms with E-state index in [1.165, 1.54) is 51.6 Å². The summed E-state index contributed by atoms with van der Waals surface area (Å²) in [6.07, 6.45) is 8.57. The highest BCUT2D eigenvalue weighted by Crippen LogP contribution is 2.46. The fourth-order valence-corrected chi connectivity index (χ4v) is 3.76. The maximum absolute atomic E-state index is 4.69. The van der Waals surface area contributed by atoms with Gasteiger partial charge in [-0.05, 0) is 66.1 Å². The van der Waals surface area contributed by atoms with Gasteiger partial charge in [-0.15, -0.1) is 0 Å². The molecule has 1 saturated carbocycles. The Kier molecular flexibility index (Phi) is 3.35. The molecule has 0 N–H and O–H groups in total. The normalized spacial score (nSPS) is 22.7. The van der Waals surface area contributed by atoms with E-state index in [2.05, 4.69) is 39.9 Å². The van der Waals surface area contributed by atoms with Crippen LogP contribution in [0.5, 0.6) is 0 Å². The minimum Gasteiger partial charge on any atom is -0.357 e. The van der Waals surface area contributed by atoms with E-state index in [4.69, 9.17) is 4.98 Å². The van der Waals surface area contributed by atoms with Gasteiger partial charge in [0.25, 0.3) is 0 Å². The van der Waals surface area contributed by atoms with Crippen LogP contribution in [0.15, 0.2) is 16.6 Å². The van der Waals surface area contributed by atoms with Crippen molar-refractivity contribution in [2.75, 3.05) is 18.0 Å². The number of pyridine rings is 1. The van der Waals surface area contributed by atoms with Crippen molar-refractivity contribution in [2.24, 2.45) is 5.41 Å². The number of piperidine rings is 1. The molecular formula is C15H21BrN2. The molecule has 0 radical (unpaired) electrons. The zero-order valence-corrected chi connectivity index (χ0v) is 12.7. The number of aryl methyl sites for hydroxylation is 1. The average Bonchev–Trinajstić information content (AvgIpc) is 2.82. The van der Waals surface area contributed by atoms with Crippen molar-refractivity contribution in [3.8, 4) is 0 Å². The molecule has 3 heteroatoms. The van der Waals surface area contributed by atoms with Gasteiger partial charge in [0.15, 0.2) is 0 Å². The molecule has 1 aromatic heterocycles. The molecule has 2 heterocycles. The fourth-order valence-electron chi connectivity index (χ4n) is 3.54. The van der Waals surface area contributed by atoms with Gasteiger partial charge in [-0.3, -0.25) is 0 Å². The van der Waals surface area contributed by atoms with Crippen LogP contribution in [-0.2, 0) is 0 Å². The summed E-state index contributed by atoms with van der Waals surface area (Å²) in [5, 5.41) is 0. The summed E-state index contributed by atoms with van der Waals surface area (Å²) in [5.41, 5.74) is 1.79. The first kappa shape index (κ1) is 12.5. The summed E-state index contributed by atoms with van der Waals surface area (Å²) < 4.78 is 1.11. The second kappa shape index (κ2) is 4.84. The van der Waals surface area contributed by atoms with Crippen molar-refractivity contribution in [2.45, 2.75) is 45.4 Å². The van der Waals surface area contributed by atoms with Crippen molar-refractivity contribution < 1.29 is 0 Å². The largest absolute Gasteiger partial charge is 0.357 e. The highest BCUT2D eigenvalue weighted by molar-refractivity contribution is 9.10. The molecule has 1 aliphatic heterocycles. The van der Waals surface area contributed by atoms with E-state index in [-0.39, 0.29) is 0 Å². The van der Waals surface area contributed by atoms with Crippen molar-refractivity contribution in [1.29, 1.82) is 0 Å². The van der Waals surface area contributed by atoms with Gasteiger partial charge in [0.1, 0.15) is 5.82 Å². The Hall–Kier alpha value is -0.570. The molecule has 0 aromatic carbocycles. The number of nitrogens with zero attached hydrogens (tertiary/aromatic N) is 2. The van der Waals surface area contributed by atoms with E-state index in [1.807, 2.05) is 0 Å². The van der Waals surface area contributed by atoms with Crippen molar-refractivity contribution >= 4 is 21.7 Å². The Bertz CT molecular complexity index is 428. The van der Waals surface area contributed by atoms with Gasteiger partial charge >= 0.3 is 0 Å². The van der Waals surface area contributed by atoms with Gasteiger partial charge in [0.2, 0.25) is 0 Å². The van der Waals surface area contributed by atoms with Gasteiger partial charge in [-0.2, -0.15) is 0 Å². The molecule has 1 aliphatic carbocycles. The second-order valence-electron chi connectivity index (χ2n) is 5.93. The predicted molar refractivity (Wildman–Crippen MR) is 79.0 cm³/mol. The lowest BCUT2D eigenvalue weighted by molar-refractivity contribution is 0.226. The summed E-state index contributed by atoms with van der Waals surface area (Å²) in [5.74, 6) is 1.16. The first-order valence-corrected chi connectivity index (χ1v) is 7.86. The quantitative estimate of drug-likeness (QED) is 0.768. The van der Waals surface area contributed by atoms with Crippen LogP contribution in [0.4, 0.5) is 5.82 Å². The molecule has 2 fully saturated rings. The van der Waals surface area contributed by atoms with E-state index in [9.17, 15) is 0 Å². The standard InChI is InChI=1S/C15H21BrN2/c1-12-13(16)4-5-14(17-12)18-10-8-15(9-11-18)6-2-3-7-15/h4-5H,2-3,6-11H2,1H3. The number of anilines is 1. The highest BCUT2D eigenvalue weighted by Gasteiger charge is 2.37. The first-order chi connectivity index (χ1) is 8.69. The molecule has 1 spiro atoms. The fraction of sp³-hybridized carbons (Fsp3) is 0.667. The smallest absolute Gasteiger partial charge is 0.128 e. The van der Waals surface area contributed by atoms with Gasteiger partial charge in [0, 0.05) is 17.6 Å². The molecule has 98 valence electrons. The summed E-state index contributed by atoms with van der Waals surface area (Å²) in [6.45, 7) is 4.44. The number of aromatic nitrogens is 1. The lowest BCUT2D eigenvalue weighted by atomic mass is 9.77. The Balaban J connectivity index is 1.70. The van der Waals surface area contributed by atoms with Crippen molar-refractivity contribution in [3.05, 3.63) is 22.3 Å². The number of rotatable bonds is 1. The van der Waals surface area contributed by atoms with Crippen LogP contribution < -0.4 is 4.90 Å². The van der Waals surface area contributed by atoms with Crippen LogP contribution in [0.3, 0.4) is 0 Å². The zero-order chi connectivity index (χ0) is 12.6. The maximum atomic E-state index is 4.69. The van der Waals surface area contributed by atoms with E-state index >= 15 is 0 Å². The minimum atomic E-state index is 0.695. The van der Waals surface area contributed by atoms with Crippen molar-refractivity contribution in [3.63, 3.8) is 0 Å². The van der Waals surface area contributed by atoms with Crippen molar-refractivity contribution in [1.82, 2.24) is 4.98 Å². The zero-order valence-electron chi connectivity index (χ0n) is 11.1. The molecule has 2 aliphatic rings. The second-order valence-corrected chi connectivity index (χ2v) is 6.79. The topological polar surface area (TPSA) is 16.1 Å². The SMILES string of the molecule is Cc1nc(N2CCC3(CCCC3)CC2)ccc1Br. The molecule has 2 nitrogen and oxygen atoms in total. The maximum Gasteiger partial charge on any atom is 0.128 e. The lowest BCUT2D eigenvalue weighted by Gasteiger charge is -2.40. The molecular weight excluding hydrogens is 288 g/mol. The van der Waals surface area contributed by atoms with Crippen LogP contribution >= 0.6 is 15.9 Å². The Morgan fingerprint density at radius 1 is 1.11 bits per heavy atom. The summed E-state index contributed by atoms with van der Waals surface area (Å²) in [4.78, 5) is 7.15. The molecule has 0 atom stereocenters. The monoisotopic (exact) mass is 308 g/mol. The van der Waals surface area contributed by atoms with Crippen LogP contribution in [0.25, 0.3) is 0 Å². The van der Waals surface area contributed by atoms with Crippen LogP contribution in [0, 0.1) is 12.3 Å². The van der Waals surface area contributed by atoms with Gasteiger partial charge in [-0.25, -0.2) is 4.98 Å². The van der Waals surface area contributed by atoms with Gasteiger partial charge < -0.3 is 4.90 Å². The van der Waals surface area contributed by atoms with E-state index in [1.54, 1.807) is 0 Å². The highest BCUT2D eigenvalue weighted by atomic mass is 79.9. The Morgan fingerprint density at radius 3 is 2.39 bits per heavy atom. The number of halogens is 1. The minimum absolute atomic E-state index is 0.695. The van der Waals surface area contributed by atoms with Gasteiger partial charge in [0.05, 0.1) is 5.69 Å². The van der Waals surface area contributed by atoms with Crippen LogP contribution in [0.1, 0.15) is 44.2 Å². The summed E-state index contributed by atoms with van der Waals surface area (Å²) in [6, 6.07) is 4.27. The van der Waals surface area contributed by atoms with E-state index in [0.29, 0.717) is 5.41 Å². The first-order valence-electron chi connectivity index (χ1n) is 7.07. The predicted octanol–water partition coefficient (Wildman–Crippen LogP) is 4.31. The molecule has 0 amide bonds. The third-order valence-corrected chi connectivity index (χ3v) is 5.66. The molecule has 0 bridgehead atoms. The number of hydrogen-bond acceptors (Lipinski definition) is 2. The molecule has 0 unspecified atom stereocenters. The molecule has 1 saturated heterocycles. The van der Waals surface area contributed by atoms with Crippen LogP contribution in [0.2, 0.25) is 0 Å². The molecule has 3 rings (SSSR count). The average molecular weight is 309 g/mol. The van der Waals surface area contributed by atoms with Crippen LogP contribution in [-0.4, -0.2) is 18.1 Å². The van der Waals surface area contributed by atoms with Gasteiger partial charge in [-0.1, -0.05) is 12.8 Å². The lowest BCUT2D eigenvalue weighted by Crippen LogP contribution is -2.39.